The van der Waals surface area contributed by atoms with Crippen molar-refractivity contribution in [2.75, 3.05) is 7.11 Å². The number of hydrogen-bond acceptors (Lipinski definition) is 3. The molecule has 1 aromatic heterocycles. The van der Waals surface area contributed by atoms with Gasteiger partial charge in [0.1, 0.15) is 17.2 Å². The highest BCUT2D eigenvalue weighted by molar-refractivity contribution is 5.84. The quantitative estimate of drug-likeness (QED) is 0.756. The summed E-state index contributed by atoms with van der Waals surface area (Å²) in [7, 11) is 1.63. The van der Waals surface area contributed by atoms with Crippen LogP contribution in [0.15, 0.2) is 54.6 Å². The summed E-state index contributed by atoms with van der Waals surface area (Å²) in [5.74, 6) is 0.966. The van der Waals surface area contributed by atoms with Crippen LogP contribution in [-0.4, -0.2) is 17.2 Å². The van der Waals surface area contributed by atoms with Crippen LogP contribution in [0.4, 0.5) is 0 Å². The van der Waals surface area contributed by atoms with E-state index in [0.717, 1.165) is 22.2 Å². The molecule has 94 valence electrons. The van der Waals surface area contributed by atoms with E-state index >= 15 is 0 Å². The van der Waals surface area contributed by atoms with Crippen molar-refractivity contribution in [1.29, 1.82) is 0 Å². The first-order chi connectivity index (χ1) is 9.28. The van der Waals surface area contributed by atoms with Crippen LogP contribution in [0.5, 0.6) is 11.5 Å². The first-order valence-electron chi connectivity index (χ1n) is 6.01. The number of aromatic hydroxyl groups is 1. The molecule has 1 heterocycles. The molecule has 3 aromatic rings. The zero-order valence-electron chi connectivity index (χ0n) is 10.5. The van der Waals surface area contributed by atoms with E-state index in [1.54, 1.807) is 13.2 Å². The second-order valence-corrected chi connectivity index (χ2v) is 4.28. The fourth-order valence-corrected chi connectivity index (χ4v) is 2.07. The molecule has 0 atom stereocenters. The van der Waals surface area contributed by atoms with Gasteiger partial charge in [0.25, 0.3) is 0 Å². The van der Waals surface area contributed by atoms with Gasteiger partial charge >= 0.3 is 0 Å². The molecule has 0 fully saturated rings. The minimum atomic E-state index is 0.184. The fraction of sp³-hybridized carbons (Fsp3) is 0.0625. The lowest BCUT2D eigenvalue weighted by molar-refractivity contribution is 0.415. The van der Waals surface area contributed by atoms with E-state index < -0.39 is 0 Å². The van der Waals surface area contributed by atoms with Crippen LogP contribution in [0.1, 0.15) is 0 Å². The maximum atomic E-state index is 10.1. The van der Waals surface area contributed by atoms with Crippen LogP contribution in [0, 0.1) is 0 Å². The SMILES string of the molecule is COc1ccc(-c2nc3ccccc3cc2O)cc1. The standard InChI is InChI=1S/C16H13NO2/c1-19-13-8-6-11(7-9-13)16-15(18)10-12-4-2-3-5-14(12)17-16/h2-10,18H,1H3. The van der Waals surface area contributed by atoms with Crippen molar-refractivity contribution in [1.82, 2.24) is 4.98 Å². The molecule has 0 aliphatic heterocycles. The molecule has 2 aromatic carbocycles. The van der Waals surface area contributed by atoms with E-state index in [-0.39, 0.29) is 5.75 Å². The Bertz CT molecular complexity index is 720. The van der Waals surface area contributed by atoms with Crippen LogP contribution in [0.25, 0.3) is 22.2 Å². The summed E-state index contributed by atoms with van der Waals surface area (Å²) < 4.78 is 5.12. The minimum absolute atomic E-state index is 0.184. The summed E-state index contributed by atoms with van der Waals surface area (Å²) >= 11 is 0. The number of para-hydroxylation sites is 1. The molecule has 0 aliphatic carbocycles. The van der Waals surface area contributed by atoms with Crippen LogP contribution < -0.4 is 4.74 Å². The molecule has 3 nitrogen and oxygen atoms in total. The number of rotatable bonds is 2. The van der Waals surface area contributed by atoms with E-state index in [9.17, 15) is 5.11 Å². The number of nitrogens with zero attached hydrogens (tertiary/aromatic N) is 1. The Hall–Kier alpha value is -2.55. The number of pyridine rings is 1. The molecule has 0 spiro atoms. The molecule has 0 bridgehead atoms. The number of benzene rings is 2. The Balaban J connectivity index is 2.15. The summed E-state index contributed by atoms with van der Waals surface area (Å²) in [6.45, 7) is 0. The van der Waals surface area contributed by atoms with Crippen molar-refractivity contribution < 1.29 is 9.84 Å². The van der Waals surface area contributed by atoms with Gasteiger partial charge in [-0.05, 0) is 36.4 Å². The molecule has 1 N–H and O–H groups in total. The molecule has 3 rings (SSSR count). The summed E-state index contributed by atoms with van der Waals surface area (Å²) in [6, 6.07) is 16.9. The van der Waals surface area contributed by atoms with Gasteiger partial charge < -0.3 is 9.84 Å². The number of ether oxygens (including phenoxy) is 1. The summed E-state index contributed by atoms with van der Waals surface area (Å²) in [6.07, 6.45) is 0. The molecule has 0 unspecified atom stereocenters. The summed E-state index contributed by atoms with van der Waals surface area (Å²) in [5, 5.41) is 11.0. The van der Waals surface area contributed by atoms with Gasteiger partial charge in [0.05, 0.1) is 12.6 Å². The second kappa shape index (κ2) is 4.61. The zero-order valence-corrected chi connectivity index (χ0v) is 10.5. The molecule has 0 saturated carbocycles. The van der Waals surface area contributed by atoms with E-state index in [2.05, 4.69) is 4.98 Å². The maximum Gasteiger partial charge on any atom is 0.142 e. The van der Waals surface area contributed by atoms with Crippen molar-refractivity contribution in [2.45, 2.75) is 0 Å². The normalized spacial score (nSPS) is 10.6. The van der Waals surface area contributed by atoms with Crippen LogP contribution >= 0.6 is 0 Å². The van der Waals surface area contributed by atoms with Gasteiger partial charge in [0.2, 0.25) is 0 Å². The molecule has 19 heavy (non-hydrogen) atoms. The molecule has 0 aliphatic rings. The predicted molar refractivity (Wildman–Crippen MR) is 75.4 cm³/mol. The highest BCUT2D eigenvalue weighted by Crippen LogP contribution is 2.31. The molecular weight excluding hydrogens is 238 g/mol. The van der Waals surface area contributed by atoms with Crippen molar-refractivity contribution in [3.05, 3.63) is 54.6 Å². The Labute approximate surface area is 111 Å². The third kappa shape index (κ3) is 2.10. The molecule has 0 radical (unpaired) electrons. The minimum Gasteiger partial charge on any atom is -0.506 e. The van der Waals surface area contributed by atoms with Crippen molar-refractivity contribution in [2.24, 2.45) is 0 Å². The van der Waals surface area contributed by atoms with Gasteiger partial charge in [-0.15, -0.1) is 0 Å². The van der Waals surface area contributed by atoms with Gasteiger partial charge in [-0.25, -0.2) is 4.98 Å². The Morgan fingerprint density at radius 1 is 1.00 bits per heavy atom. The number of methoxy groups -OCH3 is 1. The first kappa shape index (κ1) is 11.5. The lowest BCUT2D eigenvalue weighted by Crippen LogP contribution is -1.87. The Kier molecular flexibility index (Phi) is 2.80. The lowest BCUT2D eigenvalue weighted by atomic mass is 10.1. The second-order valence-electron chi connectivity index (χ2n) is 4.28. The fourth-order valence-electron chi connectivity index (χ4n) is 2.07. The van der Waals surface area contributed by atoms with Crippen LogP contribution in [0.2, 0.25) is 0 Å². The van der Waals surface area contributed by atoms with E-state index in [0.29, 0.717) is 5.69 Å². The smallest absolute Gasteiger partial charge is 0.142 e. The zero-order chi connectivity index (χ0) is 13.2. The Morgan fingerprint density at radius 2 is 1.74 bits per heavy atom. The topological polar surface area (TPSA) is 42.4 Å². The third-order valence-electron chi connectivity index (χ3n) is 3.07. The average Bonchev–Trinajstić information content (AvgIpc) is 2.47. The first-order valence-corrected chi connectivity index (χ1v) is 6.01. The lowest BCUT2D eigenvalue weighted by Gasteiger charge is -2.07. The third-order valence-corrected chi connectivity index (χ3v) is 3.07. The Morgan fingerprint density at radius 3 is 2.47 bits per heavy atom. The van der Waals surface area contributed by atoms with Crippen molar-refractivity contribution in [3.8, 4) is 22.8 Å². The van der Waals surface area contributed by atoms with Gasteiger partial charge in [-0.2, -0.15) is 0 Å². The van der Waals surface area contributed by atoms with Crippen LogP contribution in [0.3, 0.4) is 0 Å². The van der Waals surface area contributed by atoms with Gasteiger partial charge in [0.15, 0.2) is 0 Å². The number of aromatic nitrogens is 1. The van der Waals surface area contributed by atoms with Gasteiger partial charge in [-0.1, -0.05) is 18.2 Å². The summed E-state index contributed by atoms with van der Waals surface area (Å²) in [4.78, 5) is 4.51. The number of hydrogen-bond donors (Lipinski definition) is 1. The van der Waals surface area contributed by atoms with Gasteiger partial charge in [0, 0.05) is 10.9 Å². The largest absolute Gasteiger partial charge is 0.506 e. The maximum absolute atomic E-state index is 10.1. The highest BCUT2D eigenvalue weighted by atomic mass is 16.5. The van der Waals surface area contributed by atoms with E-state index in [1.807, 2.05) is 48.5 Å². The molecule has 3 heteroatoms. The highest BCUT2D eigenvalue weighted by Gasteiger charge is 2.08. The summed E-state index contributed by atoms with van der Waals surface area (Å²) in [5.41, 5.74) is 2.32. The van der Waals surface area contributed by atoms with Gasteiger partial charge in [-0.3, -0.25) is 0 Å². The molecule has 0 saturated heterocycles. The number of fused-ring (bicyclic) bond motifs is 1. The van der Waals surface area contributed by atoms with E-state index in [1.165, 1.54) is 0 Å². The van der Waals surface area contributed by atoms with Crippen LogP contribution in [-0.2, 0) is 0 Å². The predicted octanol–water partition coefficient (Wildman–Crippen LogP) is 3.62. The average molecular weight is 251 g/mol. The molecule has 0 amide bonds. The molecular formula is C16H13NO2. The van der Waals surface area contributed by atoms with Crippen molar-refractivity contribution >= 4 is 10.9 Å². The van der Waals surface area contributed by atoms with E-state index in [4.69, 9.17) is 4.74 Å². The van der Waals surface area contributed by atoms with Crippen molar-refractivity contribution in [3.63, 3.8) is 0 Å². The monoisotopic (exact) mass is 251 g/mol.